The van der Waals surface area contributed by atoms with Crippen molar-refractivity contribution >= 4 is 17.9 Å². The van der Waals surface area contributed by atoms with Crippen LogP contribution in [0.2, 0.25) is 0 Å². The van der Waals surface area contributed by atoms with E-state index in [2.05, 4.69) is 35.9 Å². The van der Waals surface area contributed by atoms with Crippen molar-refractivity contribution in [3.05, 3.63) is 65.1 Å². The third kappa shape index (κ3) is 2.72. The molecule has 0 aliphatic carbocycles. The van der Waals surface area contributed by atoms with Crippen LogP contribution in [0.4, 0.5) is 0 Å². The molecule has 112 valence electrons. The Balaban J connectivity index is 1.94. The second-order valence-electron chi connectivity index (χ2n) is 5.68. The second kappa shape index (κ2) is 5.64. The third-order valence-electron chi connectivity index (χ3n) is 3.90. The number of rotatable bonds is 2. The summed E-state index contributed by atoms with van der Waals surface area (Å²) in [4.78, 5) is 17.6. The fourth-order valence-corrected chi connectivity index (χ4v) is 2.68. The quantitative estimate of drug-likeness (QED) is 0.900. The molecular weight excluding hydrogens is 276 g/mol. The smallest absolute Gasteiger partial charge is 0.335 e. The van der Waals surface area contributed by atoms with E-state index < -0.39 is 5.97 Å². The van der Waals surface area contributed by atoms with Gasteiger partial charge in [-0.05, 0) is 31.4 Å². The van der Waals surface area contributed by atoms with E-state index in [9.17, 15) is 4.79 Å². The Kier molecular flexibility index (Phi) is 3.67. The van der Waals surface area contributed by atoms with Gasteiger partial charge in [-0.2, -0.15) is 0 Å². The lowest BCUT2D eigenvalue weighted by Gasteiger charge is -2.25. The lowest BCUT2D eigenvalue weighted by molar-refractivity contribution is 0.0697. The molecule has 0 bridgehead atoms. The molecule has 1 aromatic rings. The molecule has 0 radical (unpaired) electrons. The molecule has 2 aliphatic heterocycles. The second-order valence-corrected chi connectivity index (χ2v) is 5.68. The molecule has 3 rings (SSSR count). The minimum atomic E-state index is -0.918. The average Bonchev–Trinajstić information content (AvgIpc) is 2.66. The molecule has 0 fully saturated rings. The van der Waals surface area contributed by atoms with Crippen LogP contribution < -0.4 is 0 Å². The van der Waals surface area contributed by atoms with Gasteiger partial charge in [0.1, 0.15) is 0 Å². The monoisotopic (exact) mass is 294 g/mol. The van der Waals surface area contributed by atoms with E-state index in [0.717, 1.165) is 23.4 Å². The van der Waals surface area contributed by atoms with Crippen LogP contribution in [-0.2, 0) is 0 Å². The SMILES string of the molecule is CC1=CC(C)CC=C2C=NC(c3ccc(C(=O)O)cc3)=CN12. The highest BCUT2D eigenvalue weighted by Gasteiger charge is 2.18. The first-order valence-corrected chi connectivity index (χ1v) is 7.32. The Labute approximate surface area is 129 Å². The third-order valence-corrected chi connectivity index (χ3v) is 3.90. The van der Waals surface area contributed by atoms with Gasteiger partial charge in [0.05, 0.1) is 23.2 Å². The zero-order valence-electron chi connectivity index (χ0n) is 12.7. The number of fused-ring (bicyclic) bond motifs is 1. The fourth-order valence-electron chi connectivity index (χ4n) is 2.68. The van der Waals surface area contributed by atoms with Crippen molar-refractivity contribution in [1.29, 1.82) is 0 Å². The minimum Gasteiger partial charge on any atom is -0.478 e. The van der Waals surface area contributed by atoms with Crippen LogP contribution in [0.3, 0.4) is 0 Å². The van der Waals surface area contributed by atoms with E-state index in [0.29, 0.717) is 5.92 Å². The van der Waals surface area contributed by atoms with Gasteiger partial charge in [0.25, 0.3) is 0 Å². The summed E-state index contributed by atoms with van der Waals surface area (Å²) in [5.41, 5.74) is 4.29. The van der Waals surface area contributed by atoms with Crippen LogP contribution in [0.1, 0.15) is 36.2 Å². The molecule has 0 amide bonds. The van der Waals surface area contributed by atoms with E-state index in [1.165, 1.54) is 5.70 Å². The van der Waals surface area contributed by atoms with Gasteiger partial charge in [-0.3, -0.25) is 4.99 Å². The molecule has 1 unspecified atom stereocenters. The molecule has 22 heavy (non-hydrogen) atoms. The molecule has 0 saturated carbocycles. The maximum absolute atomic E-state index is 10.9. The van der Waals surface area contributed by atoms with Crippen molar-refractivity contribution < 1.29 is 9.90 Å². The summed E-state index contributed by atoms with van der Waals surface area (Å²) >= 11 is 0. The van der Waals surface area contributed by atoms with Crippen LogP contribution >= 0.6 is 0 Å². The van der Waals surface area contributed by atoms with Gasteiger partial charge in [-0.25, -0.2) is 4.79 Å². The predicted molar refractivity (Wildman–Crippen MR) is 87.3 cm³/mol. The number of carbonyl (C=O) groups is 1. The highest BCUT2D eigenvalue weighted by Crippen LogP contribution is 2.29. The first-order valence-electron chi connectivity index (χ1n) is 7.32. The van der Waals surface area contributed by atoms with Crippen molar-refractivity contribution in [1.82, 2.24) is 4.90 Å². The number of hydrogen-bond donors (Lipinski definition) is 1. The number of aromatic carboxylic acids is 1. The van der Waals surface area contributed by atoms with Gasteiger partial charge in [0.15, 0.2) is 0 Å². The number of aliphatic imine (C=N–C) groups is 1. The number of benzene rings is 1. The van der Waals surface area contributed by atoms with E-state index in [-0.39, 0.29) is 5.56 Å². The van der Waals surface area contributed by atoms with Gasteiger partial charge in [-0.1, -0.05) is 31.2 Å². The summed E-state index contributed by atoms with van der Waals surface area (Å²) in [6.45, 7) is 4.29. The molecular formula is C18H18N2O2. The standard InChI is InChI=1S/C18H18N2O2/c1-12-3-8-16-10-19-17(11-20(16)13(2)9-12)14-4-6-15(7-5-14)18(21)22/h4-12H,3H2,1-2H3,(H,21,22). The molecule has 0 aromatic heterocycles. The number of carboxylic acid groups (broad SMARTS) is 1. The minimum absolute atomic E-state index is 0.282. The predicted octanol–water partition coefficient (Wildman–Crippen LogP) is 3.90. The van der Waals surface area contributed by atoms with Crippen LogP contribution in [0.15, 0.2) is 59.0 Å². The largest absolute Gasteiger partial charge is 0.478 e. The van der Waals surface area contributed by atoms with E-state index >= 15 is 0 Å². The zero-order chi connectivity index (χ0) is 15.7. The summed E-state index contributed by atoms with van der Waals surface area (Å²) in [5, 5.41) is 8.96. The molecule has 2 heterocycles. The summed E-state index contributed by atoms with van der Waals surface area (Å²) in [5.74, 6) is -0.406. The van der Waals surface area contributed by atoms with E-state index in [1.54, 1.807) is 24.3 Å². The highest BCUT2D eigenvalue weighted by atomic mass is 16.4. The molecule has 1 atom stereocenters. The van der Waals surface area contributed by atoms with Crippen molar-refractivity contribution in [2.24, 2.45) is 10.9 Å². The lowest BCUT2D eigenvalue weighted by Crippen LogP contribution is -2.18. The van der Waals surface area contributed by atoms with Gasteiger partial charge in [0, 0.05) is 17.5 Å². The molecule has 2 aliphatic rings. The van der Waals surface area contributed by atoms with Crippen LogP contribution in [0.25, 0.3) is 5.70 Å². The molecule has 4 nitrogen and oxygen atoms in total. The Morgan fingerprint density at radius 2 is 2.05 bits per heavy atom. The van der Waals surface area contributed by atoms with Crippen LogP contribution in [0.5, 0.6) is 0 Å². The first kappa shape index (κ1) is 14.3. The van der Waals surface area contributed by atoms with Gasteiger partial charge < -0.3 is 10.0 Å². The summed E-state index contributed by atoms with van der Waals surface area (Å²) in [7, 11) is 0. The molecule has 1 aromatic carbocycles. The Hall–Kier alpha value is -2.62. The number of hydrogen-bond acceptors (Lipinski definition) is 3. The van der Waals surface area contributed by atoms with Gasteiger partial charge >= 0.3 is 5.97 Å². The summed E-state index contributed by atoms with van der Waals surface area (Å²) in [6, 6.07) is 6.79. The highest BCUT2D eigenvalue weighted by molar-refractivity contribution is 5.90. The van der Waals surface area contributed by atoms with Crippen LogP contribution in [-0.4, -0.2) is 22.2 Å². The topological polar surface area (TPSA) is 52.9 Å². The number of carboxylic acids is 1. The van der Waals surface area contributed by atoms with Crippen molar-refractivity contribution in [2.75, 3.05) is 0 Å². The van der Waals surface area contributed by atoms with Crippen molar-refractivity contribution in [2.45, 2.75) is 20.3 Å². The summed E-state index contributed by atoms with van der Waals surface area (Å²) in [6.07, 6.45) is 9.33. The fraction of sp³-hybridized carbons (Fsp3) is 0.222. The Bertz CT molecular complexity index is 724. The first-order chi connectivity index (χ1) is 10.5. The van der Waals surface area contributed by atoms with Crippen molar-refractivity contribution in [3.8, 4) is 0 Å². The lowest BCUT2D eigenvalue weighted by atomic mass is 10.1. The van der Waals surface area contributed by atoms with E-state index in [1.807, 2.05) is 12.4 Å². The maximum atomic E-state index is 10.9. The number of allylic oxidation sites excluding steroid dienone is 4. The van der Waals surface area contributed by atoms with Crippen LogP contribution in [0, 0.1) is 5.92 Å². The zero-order valence-corrected chi connectivity index (χ0v) is 12.7. The normalized spacial score (nSPS) is 20.5. The van der Waals surface area contributed by atoms with Crippen molar-refractivity contribution in [3.63, 3.8) is 0 Å². The molecule has 4 heteroatoms. The molecule has 0 saturated heterocycles. The molecule has 0 spiro atoms. The average molecular weight is 294 g/mol. The summed E-state index contributed by atoms with van der Waals surface area (Å²) < 4.78 is 0. The van der Waals surface area contributed by atoms with E-state index in [4.69, 9.17) is 5.11 Å². The van der Waals surface area contributed by atoms with Gasteiger partial charge in [-0.15, -0.1) is 0 Å². The Morgan fingerprint density at radius 1 is 1.32 bits per heavy atom. The number of nitrogens with zero attached hydrogens (tertiary/aromatic N) is 2. The molecule has 1 N–H and O–H groups in total. The van der Waals surface area contributed by atoms with Gasteiger partial charge in [0.2, 0.25) is 0 Å². The maximum Gasteiger partial charge on any atom is 0.335 e. The Morgan fingerprint density at radius 3 is 2.73 bits per heavy atom.